The van der Waals surface area contributed by atoms with E-state index in [1.807, 2.05) is 18.7 Å². The zero-order chi connectivity index (χ0) is 16.9. The number of thioether (sulfide) groups is 1. The molecule has 0 saturated carbocycles. The molecule has 22 heavy (non-hydrogen) atoms. The fourth-order valence-corrected chi connectivity index (χ4v) is 5.03. The Kier molecular flexibility index (Phi) is 7.27. The Morgan fingerprint density at radius 1 is 1.27 bits per heavy atom. The summed E-state index contributed by atoms with van der Waals surface area (Å²) < 4.78 is 24.5. The number of sulfone groups is 1. The Hall–Kier alpha value is -0.670. The second-order valence-electron chi connectivity index (χ2n) is 5.10. The van der Waals surface area contributed by atoms with Crippen molar-refractivity contribution in [2.75, 3.05) is 31.6 Å². The van der Waals surface area contributed by atoms with E-state index < -0.39 is 15.1 Å². The Morgan fingerprint density at radius 2 is 1.77 bits per heavy atom. The maximum absolute atomic E-state index is 11.9. The lowest BCUT2D eigenvalue weighted by Gasteiger charge is -2.24. The number of hydrogen-bond donors (Lipinski definition) is 0. The molecule has 1 rings (SSSR count). The summed E-state index contributed by atoms with van der Waals surface area (Å²) in [4.78, 5) is 26.3. The first-order valence-corrected chi connectivity index (χ1v) is 10.5. The smallest absolute Gasteiger partial charge is 0.229 e. The Morgan fingerprint density at radius 3 is 2.18 bits per heavy atom. The van der Waals surface area contributed by atoms with Crippen molar-refractivity contribution in [2.45, 2.75) is 31.9 Å². The van der Waals surface area contributed by atoms with E-state index in [0.717, 1.165) is 24.2 Å². The van der Waals surface area contributed by atoms with Crippen LogP contribution in [0.2, 0.25) is 0 Å². The van der Waals surface area contributed by atoms with E-state index in [4.69, 9.17) is 12.2 Å². The number of thiocarbonyl (C=S) groups is 1. The van der Waals surface area contributed by atoms with Gasteiger partial charge in [-0.05, 0) is 13.8 Å². The van der Waals surface area contributed by atoms with E-state index in [9.17, 15) is 18.0 Å². The van der Waals surface area contributed by atoms with Crippen molar-refractivity contribution < 1.29 is 18.0 Å². The molecule has 0 radical (unpaired) electrons. The molecular weight excluding hydrogens is 344 g/mol. The third-order valence-corrected chi connectivity index (χ3v) is 6.98. The standard InChI is InChI=1S/C13H22N2O4S3/c1-4-14(5-2)13(20)21-9-10(22(3,18)19)8-15-11(16)6-7-12(15)17/h10H,4-9H2,1-3H3/t10-/m1/s1. The van der Waals surface area contributed by atoms with Crippen molar-refractivity contribution in [3.05, 3.63) is 0 Å². The minimum Gasteiger partial charge on any atom is -0.358 e. The van der Waals surface area contributed by atoms with Gasteiger partial charge in [-0.3, -0.25) is 14.5 Å². The normalized spacial score (nSPS) is 17.0. The van der Waals surface area contributed by atoms with Crippen LogP contribution in [0.1, 0.15) is 26.7 Å². The molecule has 2 amide bonds. The van der Waals surface area contributed by atoms with Gasteiger partial charge in [-0.15, -0.1) is 0 Å². The number of rotatable bonds is 7. The summed E-state index contributed by atoms with van der Waals surface area (Å²) >= 11 is 6.57. The average Bonchev–Trinajstić information content (AvgIpc) is 2.74. The van der Waals surface area contributed by atoms with Crippen molar-refractivity contribution in [2.24, 2.45) is 0 Å². The van der Waals surface area contributed by atoms with Crippen molar-refractivity contribution in [1.29, 1.82) is 0 Å². The van der Waals surface area contributed by atoms with Gasteiger partial charge < -0.3 is 4.90 Å². The zero-order valence-corrected chi connectivity index (χ0v) is 15.5. The number of carbonyl (C=O) groups excluding carboxylic acids is 2. The van der Waals surface area contributed by atoms with E-state index >= 15 is 0 Å². The second-order valence-corrected chi connectivity index (χ2v) is 9.08. The highest BCUT2D eigenvalue weighted by Gasteiger charge is 2.34. The van der Waals surface area contributed by atoms with Crippen LogP contribution in [0.3, 0.4) is 0 Å². The molecule has 1 heterocycles. The van der Waals surface area contributed by atoms with E-state index in [0.29, 0.717) is 4.32 Å². The summed E-state index contributed by atoms with van der Waals surface area (Å²) in [5, 5.41) is -0.794. The van der Waals surface area contributed by atoms with Gasteiger partial charge in [0.05, 0.1) is 5.25 Å². The monoisotopic (exact) mass is 366 g/mol. The van der Waals surface area contributed by atoms with Gasteiger partial charge in [0.15, 0.2) is 9.84 Å². The number of amides is 2. The lowest BCUT2D eigenvalue weighted by molar-refractivity contribution is -0.138. The highest BCUT2D eigenvalue weighted by molar-refractivity contribution is 8.23. The average molecular weight is 367 g/mol. The number of likely N-dealkylation sites (tertiary alicyclic amines) is 1. The van der Waals surface area contributed by atoms with Crippen molar-refractivity contribution in [3.63, 3.8) is 0 Å². The summed E-state index contributed by atoms with van der Waals surface area (Å²) in [7, 11) is -3.38. The first-order valence-electron chi connectivity index (χ1n) is 7.14. The van der Waals surface area contributed by atoms with E-state index in [1.165, 1.54) is 11.8 Å². The predicted octanol–water partition coefficient (Wildman–Crippen LogP) is 0.909. The molecule has 0 aromatic rings. The number of imide groups is 1. The largest absolute Gasteiger partial charge is 0.358 e. The van der Waals surface area contributed by atoms with Crippen LogP contribution in [-0.4, -0.2) is 71.2 Å². The topological polar surface area (TPSA) is 74.8 Å². The van der Waals surface area contributed by atoms with Crippen LogP contribution < -0.4 is 0 Å². The molecule has 0 spiro atoms. The molecule has 1 atom stereocenters. The number of nitrogens with zero attached hydrogens (tertiary/aromatic N) is 2. The molecule has 9 heteroatoms. The van der Waals surface area contributed by atoms with Crippen LogP contribution >= 0.6 is 24.0 Å². The fourth-order valence-electron chi connectivity index (χ4n) is 2.08. The molecule has 126 valence electrons. The third kappa shape index (κ3) is 5.20. The lowest BCUT2D eigenvalue weighted by Crippen LogP contribution is -2.41. The summed E-state index contributed by atoms with van der Waals surface area (Å²) in [5.41, 5.74) is 0. The first kappa shape index (κ1) is 19.4. The van der Waals surface area contributed by atoms with Gasteiger partial charge in [0.25, 0.3) is 0 Å². The van der Waals surface area contributed by atoms with E-state index in [2.05, 4.69) is 0 Å². The SMILES string of the molecule is CCN(CC)C(=S)SC[C@@H](CN1C(=O)CCC1=O)S(C)(=O)=O. The fraction of sp³-hybridized carbons (Fsp3) is 0.769. The molecule has 1 aliphatic heterocycles. The molecule has 1 aliphatic rings. The summed E-state index contributed by atoms with van der Waals surface area (Å²) in [6, 6.07) is 0. The quantitative estimate of drug-likeness (QED) is 0.490. The van der Waals surface area contributed by atoms with Gasteiger partial charge in [0, 0.05) is 44.5 Å². The van der Waals surface area contributed by atoms with Crippen LogP contribution in [-0.2, 0) is 19.4 Å². The molecular formula is C13H22N2O4S3. The zero-order valence-electron chi connectivity index (χ0n) is 13.1. The predicted molar refractivity (Wildman–Crippen MR) is 92.6 cm³/mol. The van der Waals surface area contributed by atoms with Crippen molar-refractivity contribution >= 4 is 50.0 Å². The van der Waals surface area contributed by atoms with Crippen LogP contribution in [0.5, 0.6) is 0 Å². The van der Waals surface area contributed by atoms with Crippen molar-refractivity contribution in [3.8, 4) is 0 Å². The van der Waals surface area contributed by atoms with Crippen LogP contribution in [0.25, 0.3) is 0 Å². The molecule has 1 saturated heterocycles. The summed E-state index contributed by atoms with van der Waals surface area (Å²) in [5.74, 6) is -0.351. The Balaban J connectivity index is 2.72. The van der Waals surface area contributed by atoms with Crippen LogP contribution in [0, 0.1) is 0 Å². The van der Waals surface area contributed by atoms with Gasteiger partial charge in [-0.2, -0.15) is 0 Å². The molecule has 0 aromatic heterocycles. The summed E-state index contributed by atoms with van der Waals surface area (Å²) in [6.45, 7) is 5.40. The Bertz CT molecular complexity index is 527. The molecule has 0 unspecified atom stereocenters. The van der Waals surface area contributed by atoms with Gasteiger partial charge in [-0.25, -0.2) is 8.42 Å². The van der Waals surface area contributed by atoms with Gasteiger partial charge in [0.2, 0.25) is 11.8 Å². The number of carbonyl (C=O) groups is 2. The van der Waals surface area contributed by atoms with Crippen LogP contribution in [0.15, 0.2) is 0 Å². The lowest BCUT2D eigenvalue weighted by atomic mass is 10.4. The molecule has 0 bridgehead atoms. The minimum absolute atomic E-state index is 0.0790. The molecule has 1 fully saturated rings. The highest BCUT2D eigenvalue weighted by Crippen LogP contribution is 2.19. The second kappa shape index (κ2) is 8.26. The van der Waals surface area contributed by atoms with Gasteiger partial charge in [-0.1, -0.05) is 24.0 Å². The molecule has 0 aromatic carbocycles. The minimum atomic E-state index is -3.38. The maximum atomic E-state index is 11.9. The van der Waals surface area contributed by atoms with Gasteiger partial charge >= 0.3 is 0 Å². The van der Waals surface area contributed by atoms with Crippen LogP contribution in [0.4, 0.5) is 0 Å². The van der Waals surface area contributed by atoms with E-state index in [1.54, 1.807) is 0 Å². The molecule has 0 N–H and O–H groups in total. The Labute approximate surface area is 141 Å². The summed E-state index contributed by atoms with van der Waals surface area (Å²) in [6.07, 6.45) is 1.46. The first-order chi connectivity index (χ1) is 10.2. The number of hydrogen-bond acceptors (Lipinski definition) is 6. The molecule has 0 aliphatic carbocycles. The van der Waals surface area contributed by atoms with Gasteiger partial charge in [0.1, 0.15) is 4.32 Å². The maximum Gasteiger partial charge on any atom is 0.229 e. The third-order valence-electron chi connectivity index (χ3n) is 3.56. The van der Waals surface area contributed by atoms with Crippen molar-refractivity contribution in [1.82, 2.24) is 9.80 Å². The van der Waals surface area contributed by atoms with E-state index in [-0.39, 0.29) is 37.0 Å². The molecule has 6 nitrogen and oxygen atoms in total. The highest BCUT2D eigenvalue weighted by atomic mass is 32.2.